The van der Waals surface area contributed by atoms with Crippen LogP contribution in [0.4, 0.5) is 0 Å². The Morgan fingerprint density at radius 3 is 0.400 bits per heavy atom. The number of hydrogen-bond acceptors (Lipinski definition) is 0. The maximum Gasteiger partial charge on any atom is 0 e. The van der Waals surface area contributed by atoms with Crippen LogP contribution in [0.3, 0.4) is 0 Å². The zero-order valence-electron chi connectivity index (χ0n) is 2.08. The largest absolute Gasteiger partial charge is 0.114 e. The van der Waals surface area contributed by atoms with Crippen LogP contribution >= 0.6 is 67.9 Å². The molecule has 0 amide bonds. The van der Waals surface area contributed by atoms with Crippen LogP contribution in [0.25, 0.3) is 0 Å². The van der Waals surface area contributed by atoms with Crippen LogP contribution in [0, 0.1) is 0 Å². The summed E-state index contributed by atoms with van der Waals surface area (Å²) in [6.07, 6.45) is 0. The van der Waals surface area contributed by atoms with Crippen molar-refractivity contribution in [2.45, 2.75) is 0 Å². The molecule has 0 fully saturated rings. The minimum Gasteiger partial charge on any atom is -0.114 e. The second-order valence-corrected chi connectivity index (χ2v) is 0. The topological polar surface area (TPSA) is 0 Å². The van der Waals surface area contributed by atoms with Gasteiger partial charge in [0.25, 0.3) is 0 Å². The maximum atomic E-state index is 0. The molecule has 37 valence electrons. The summed E-state index contributed by atoms with van der Waals surface area (Å²) in [6, 6.07) is 0. The Hall–Kier alpha value is 2.66. The summed E-state index contributed by atoms with van der Waals surface area (Å²) in [7, 11) is 0. The van der Waals surface area contributed by atoms with Crippen molar-refractivity contribution in [1.82, 2.24) is 0 Å². The molecule has 0 aliphatic carbocycles. The Kier molecular flexibility index (Phi) is 290. The third kappa shape index (κ3) is 20.4. The van der Waals surface area contributed by atoms with E-state index in [1.807, 2.05) is 0 Å². The van der Waals surface area contributed by atoms with E-state index < -0.39 is 0 Å². The zero-order chi connectivity index (χ0) is 0. The van der Waals surface area contributed by atoms with Crippen LogP contribution in [0.2, 0.25) is 0 Å². The molecule has 5 heteroatoms. The van der Waals surface area contributed by atoms with Crippen LogP contribution in [-0.2, 0) is 22.4 Å². The standard InChI is InChI=1S/4BrH.Nb/h4*1H;. The molecular formula is H4Br4Nb. The predicted molar refractivity (Wildman–Crippen MR) is 41.3 cm³/mol. The molecule has 0 heterocycles. The van der Waals surface area contributed by atoms with E-state index in [0.717, 1.165) is 0 Å². The predicted octanol–water partition coefficient (Wildman–Crippen LogP) is 2.31. The molecule has 0 atom stereocenters. The molecule has 0 spiro atoms. The summed E-state index contributed by atoms with van der Waals surface area (Å²) in [5, 5.41) is 0. The Morgan fingerprint density at radius 2 is 0.400 bits per heavy atom. The van der Waals surface area contributed by atoms with Gasteiger partial charge in [-0.05, 0) is 0 Å². The SMILES string of the molecule is Br.Br.Br.Br.[Nb]. The first-order valence-corrected chi connectivity index (χ1v) is 0. The van der Waals surface area contributed by atoms with Crippen LogP contribution < -0.4 is 0 Å². The number of rotatable bonds is 0. The molecule has 0 saturated carbocycles. The first-order valence-electron chi connectivity index (χ1n) is 0. The van der Waals surface area contributed by atoms with Gasteiger partial charge in [0, 0.05) is 22.4 Å². The van der Waals surface area contributed by atoms with Crippen LogP contribution in [0.5, 0.6) is 0 Å². The molecule has 0 aliphatic rings. The Balaban J connectivity index is 0. The Morgan fingerprint density at radius 1 is 0.400 bits per heavy atom. The van der Waals surface area contributed by atoms with E-state index in [9.17, 15) is 0 Å². The molecule has 0 aromatic rings. The van der Waals surface area contributed by atoms with E-state index in [4.69, 9.17) is 0 Å². The monoisotopic (exact) mass is 413 g/mol. The third-order valence-corrected chi connectivity index (χ3v) is 0. The van der Waals surface area contributed by atoms with Crippen molar-refractivity contribution in [3.63, 3.8) is 0 Å². The summed E-state index contributed by atoms with van der Waals surface area (Å²) in [6.45, 7) is 0. The quantitative estimate of drug-likeness (QED) is 0.532. The number of halogens is 4. The van der Waals surface area contributed by atoms with Gasteiger partial charge in [0.05, 0.1) is 0 Å². The minimum atomic E-state index is 0. The molecule has 0 N–H and O–H groups in total. The van der Waals surface area contributed by atoms with Gasteiger partial charge in [0.2, 0.25) is 0 Å². The first-order chi connectivity index (χ1) is 0. The van der Waals surface area contributed by atoms with E-state index in [1.54, 1.807) is 0 Å². The van der Waals surface area contributed by atoms with Crippen molar-refractivity contribution in [1.29, 1.82) is 0 Å². The molecule has 0 unspecified atom stereocenters. The van der Waals surface area contributed by atoms with Gasteiger partial charge >= 0.3 is 0 Å². The van der Waals surface area contributed by atoms with Gasteiger partial charge in [-0.15, -0.1) is 67.9 Å². The fourth-order valence-corrected chi connectivity index (χ4v) is 0. The summed E-state index contributed by atoms with van der Waals surface area (Å²) in [5.41, 5.74) is 0. The van der Waals surface area contributed by atoms with Crippen molar-refractivity contribution in [2.75, 3.05) is 0 Å². The smallest absolute Gasteiger partial charge is 0 e. The van der Waals surface area contributed by atoms with E-state index in [1.165, 1.54) is 0 Å². The van der Waals surface area contributed by atoms with Gasteiger partial charge in [-0.1, -0.05) is 0 Å². The summed E-state index contributed by atoms with van der Waals surface area (Å²) in [4.78, 5) is 0. The Labute approximate surface area is 89.1 Å². The van der Waals surface area contributed by atoms with Gasteiger partial charge in [-0.2, -0.15) is 0 Å². The first kappa shape index (κ1) is 48.0. The summed E-state index contributed by atoms with van der Waals surface area (Å²) < 4.78 is 0. The van der Waals surface area contributed by atoms with Crippen molar-refractivity contribution in [3.8, 4) is 0 Å². The third-order valence-electron chi connectivity index (χ3n) is 0. The summed E-state index contributed by atoms with van der Waals surface area (Å²) >= 11 is 0. The molecule has 1 radical (unpaired) electrons. The molecule has 0 bridgehead atoms. The molecule has 0 aromatic carbocycles. The maximum absolute atomic E-state index is 0. The molecule has 0 rings (SSSR count). The Bertz CT molecular complexity index is 3.61. The van der Waals surface area contributed by atoms with Crippen molar-refractivity contribution < 1.29 is 22.4 Å². The van der Waals surface area contributed by atoms with Crippen LogP contribution in [-0.4, -0.2) is 0 Å². The molecule has 5 heavy (non-hydrogen) atoms. The molecule has 0 aliphatic heterocycles. The van der Waals surface area contributed by atoms with E-state index in [0.29, 0.717) is 0 Å². The average Bonchev–Trinajstić information content (AvgIpc) is 0. The van der Waals surface area contributed by atoms with Gasteiger partial charge in [-0.3, -0.25) is 0 Å². The van der Waals surface area contributed by atoms with Crippen molar-refractivity contribution >= 4 is 67.9 Å². The van der Waals surface area contributed by atoms with Gasteiger partial charge in [0.15, 0.2) is 0 Å². The van der Waals surface area contributed by atoms with Crippen molar-refractivity contribution in [3.05, 3.63) is 0 Å². The molecular weight excluding hydrogens is 413 g/mol. The fraction of sp³-hybridized carbons (Fsp3) is 0. The van der Waals surface area contributed by atoms with E-state index in [-0.39, 0.29) is 90.3 Å². The second-order valence-electron chi connectivity index (χ2n) is 0. The van der Waals surface area contributed by atoms with Crippen LogP contribution in [0.1, 0.15) is 0 Å². The minimum absolute atomic E-state index is 0. The normalized spacial score (nSPS) is 0. The summed E-state index contributed by atoms with van der Waals surface area (Å²) in [5.74, 6) is 0. The van der Waals surface area contributed by atoms with Gasteiger partial charge < -0.3 is 0 Å². The second kappa shape index (κ2) is 30.2. The molecule has 0 saturated heterocycles. The average molecular weight is 417 g/mol. The zero-order valence-corrected chi connectivity index (χ0v) is 11.1. The molecule has 0 nitrogen and oxygen atoms in total. The van der Waals surface area contributed by atoms with E-state index in [2.05, 4.69) is 0 Å². The number of hydrogen-bond donors (Lipinski definition) is 0. The fourth-order valence-electron chi connectivity index (χ4n) is 0. The van der Waals surface area contributed by atoms with Crippen molar-refractivity contribution in [2.24, 2.45) is 0 Å². The van der Waals surface area contributed by atoms with Gasteiger partial charge in [0.1, 0.15) is 0 Å². The van der Waals surface area contributed by atoms with Gasteiger partial charge in [-0.25, -0.2) is 0 Å². The molecule has 0 aromatic heterocycles. The van der Waals surface area contributed by atoms with Crippen LogP contribution in [0.15, 0.2) is 0 Å². The van der Waals surface area contributed by atoms with E-state index >= 15 is 0 Å².